The Morgan fingerprint density at radius 3 is 2.64 bits per heavy atom. The zero-order chi connectivity index (χ0) is 16.3. The van der Waals surface area contributed by atoms with E-state index in [2.05, 4.69) is 80.9 Å². The number of hydrogen-bond donors (Lipinski definition) is 2. The van der Waals surface area contributed by atoms with E-state index in [9.17, 15) is 9.90 Å². The van der Waals surface area contributed by atoms with Crippen LogP contribution in [0.25, 0.3) is 0 Å². The van der Waals surface area contributed by atoms with Gasteiger partial charge in [0.05, 0.1) is 15.2 Å². The third kappa shape index (κ3) is 4.30. The predicted molar refractivity (Wildman–Crippen MR) is 105 cm³/mol. The molecule has 0 saturated heterocycles. The van der Waals surface area contributed by atoms with Crippen LogP contribution < -0.4 is 5.43 Å². The van der Waals surface area contributed by atoms with Gasteiger partial charge in [-0.2, -0.15) is 5.10 Å². The minimum absolute atomic E-state index is 0.0635. The highest BCUT2D eigenvalue weighted by molar-refractivity contribution is 14.1. The number of nitrogens with zero attached hydrogens (tertiary/aromatic N) is 1. The Morgan fingerprint density at radius 2 is 1.95 bits per heavy atom. The number of phenolic OH excluding ortho intramolecular Hbond substituents is 1. The second-order valence-electron chi connectivity index (χ2n) is 4.13. The maximum Gasteiger partial charge on any atom is 0.271 e. The van der Waals surface area contributed by atoms with Crippen molar-refractivity contribution in [2.24, 2.45) is 5.10 Å². The fourth-order valence-electron chi connectivity index (χ4n) is 1.56. The summed E-state index contributed by atoms with van der Waals surface area (Å²) in [6, 6.07) is 8.88. The molecule has 0 fully saturated rings. The van der Waals surface area contributed by atoms with E-state index >= 15 is 0 Å². The van der Waals surface area contributed by atoms with Gasteiger partial charge in [0.25, 0.3) is 5.91 Å². The highest BCUT2D eigenvalue weighted by Crippen LogP contribution is 2.38. The summed E-state index contributed by atoms with van der Waals surface area (Å²) in [6.45, 7) is 0. The van der Waals surface area contributed by atoms with Gasteiger partial charge >= 0.3 is 0 Å². The maximum atomic E-state index is 12.0. The first-order valence-electron chi connectivity index (χ1n) is 5.85. The zero-order valence-electron chi connectivity index (χ0n) is 10.8. The van der Waals surface area contributed by atoms with Crippen LogP contribution in [0.1, 0.15) is 15.9 Å². The van der Waals surface area contributed by atoms with E-state index in [-0.39, 0.29) is 11.7 Å². The Balaban J connectivity index is 2.17. The number of halogens is 4. The van der Waals surface area contributed by atoms with Crippen molar-refractivity contribution in [1.29, 1.82) is 0 Å². The number of rotatable bonds is 3. The molecule has 0 radical (unpaired) electrons. The number of phenols is 1. The first-order valence-corrected chi connectivity index (χ1v) is 9.31. The standard InChI is InChI=1S/C14H8Br3IN2O2/c15-10-5-11(16)13(21)12(17)9(10)6-19-20-14(22)7-2-1-3-8(18)4-7/h1-6,21H,(H,20,22)/b19-6+. The van der Waals surface area contributed by atoms with Gasteiger partial charge in [0.2, 0.25) is 0 Å². The highest BCUT2D eigenvalue weighted by atomic mass is 127. The summed E-state index contributed by atoms with van der Waals surface area (Å²) in [5.41, 5.74) is 3.60. The molecule has 0 aliphatic carbocycles. The summed E-state index contributed by atoms with van der Waals surface area (Å²) in [4.78, 5) is 12.0. The molecular weight excluding hydrogens is 595 g/mol. The Morgan fingerprint density at radius 1 is 1.23 bits per heavy atom. The molecule has 0 bridgehead atoms. The van der Waals surface area contributed by atoms with E-state index in [0.717, 1.165) is 8.04 Å². The number of nitrogens with one attached hydrogen (secondary N) is 1. The topological polar surface area (TPSA) is 61.7 Å². The molecule has 22 heavy (non-hydrogen) atoms. The lowest BCUT2D eigenvalue weighted by Gasteiger charge is -2.06. The summed E-state index contributed by atoms with van der Waals surface area (Å²) in [7, 11) is 0. The van der Waals surface area contributed by atoms with Crippen LogP contribution in [0.3, 0.4) is 0 Å². The molecule has 0 aliphatic rings. The molecule has 2 N–H and O–H groups in total. The van der Waals surface area contributed by atoms with Crippen LogP contribution in [0.5, 0.6) is 5.75 Å². The lowest BCUT2D eigenvalue weighted by Crippen LogP contribution is -2.17. The van der Waals surface area contributed by atoms with Gasteiger partial charge in [-0.25, -0.2) is 5.43 Å². The van der Waals surface area contributed by atoms with Gasteiger partial charge in [0.15, 0.2) is 0 Å². The number of hydrogen-bond acceptors (Lipinski definition) is 3. The molecule has 0 aromatic heterocycles. The van der Waals surface area contributed by atoms with Crippen LogP contribution in [0.15, 0.2) is 48.9 Å². The SMILES string of the molecule is O=C(N/N=C/c1c(Br)cc(Br)c(O)c1Br)c1cccc(I)c1. The Hall–Kier alpha value is -0.450. The average molecular weight is 603 g/mol. The van der Waals surface area contributed by atoms with Crippen molar-refractivity contribution < 1.29 is 9.90 Å². The normalized spacial score (nSPS) is 10.9. The fraction of sp³-hybridized carbons (Fsp3) is 0. The van der Waals surface area contributed by atoms with E-state index < -0.39 is 0 Å². The Labute approximate surface area is 165 Å². The molecule has 8 heteroatoms. The largest absolute Gasteiger partial charge is 0.506 e. The average Bonchev–Trinajstić information content (AvgIpc) is 2.48. The van der Waals surface area contributed by atoms with Crippen LogP contribution in [0.2, 0.25) is 0 Å². The number of carbonyl (C=O) groups excluding carboxylic acids is 1. The molecule has 4 nitrogen and oxygen atoms in total. The fourth-order valence-corrected chi connectivity index (χ4v) is 4.43. The zero-order valence-corrected chi connectivity index (χ0v) is 17.7. The molecule has 1 amide bonds. The van der Waals surface area contributed by atoms with Gasteiger partial charge in [-0.15, -0.1) is 0 Å². The molecule has 2 rings (SSSR count). The van der Waals surface area contributed by atoms with Crippen molar-refractivity contribution in [3.63, 3.8) is 0 Å². The van der Waals surface area contributed by atoms with E-state index in [4.69, 9.17) is 0 Å². The Kier molecular flexibility index (Phi) is 6.42. The number of hydrazone groups is 1. The summed E-state index contributed by atoms with van der Waals surface area (Å²) in [5, 5.41) is 13.8. The van der Waals surface area contributed by atoms with Crippen LogP contribution in [-0.2, 0) is 0 Å². The molecular formula is C14H8Br3IN2O2. The van der Waals surface area contributed by atoms with Gasteiger partial charge in [-0.3, -0.25) is 4.79 Å². The predicted octanol–water partition coefficient (Wildman–Crippen LogP) is 5.05. The molecule has 0 aliphatic heterocycles. The summed E-state index contributed by atoms with van der Waals surface area (Å²) >= 11 is 12.0. The monoisotopic (exact) mass is 600 g/mol. The molecule has 0 unspecified atom stereocenters. The number of amides is 1. The quantitative estimate of drug-likeness (QED) is 0.294. The molecule has 2 aromatic carbocycles. The van der Waals surface area contributed by atoms with Gasteiger partial charge in [-0.1, -0.05) is 22.0 Å². The molecule has 2 aromatic rings. The van der Waals surface area contributed by atoms with E-state index in [1.54, 1.807) is 24.3 Å². The Bertz CT molecular complexity index is 766. The summed E-state index contributed by atoms with van der Waals surface area (Å²) in [6.07, 6.45) is 1.45. The highest BCUT2D eigenvalue weighted by Gasteiger charge is 2.12. The lowest BCUT2D eigenvalue weighted by atomic mass is 10.2. The first-order chi connectivity index (χ1) is 10.4. The van der Waals surface area contributed by atoms with Crippen LogP contribution in [0.4, 0.5) is 0 Å². The number of carbonyl (C=O) groups is 1. The van der Waals surface area contributed by atoms with Gasteiger partial charge in [0, 0.05) is 19.2 Å². The van der Waals surface area contributed by atoms with Gasteiger partial charge in [0.1, 0.15) is 5.75 Å². The summed E-state index contributed by atoms with van der Waals surface area (Å²) < 4.78 is 2.71. The molecule has 0 saturated carbocycles. The molecule has 0 heterocycles. The third-order valence-electron chi connectivity index (χ3n) is 2.63. The van der Waals surface area contributed by atoms with E-state index in [1.807, 2.05) is 6.07 Å². The van der Waals surface area contributed by atoms with Crippen molar-refractivity contribution in [3.8, 4) is 5.75 Å². The molecule has 0 atom stereocenters. The van der Waals surface area contributed by atoms with E-state index in [1.165, 1.54) is 6.21 Å². The van der Waals surface area contributed by atoms with Crippen molar-refractivity contribution in [2.75, 3.05) is 0 Å². The second kappa shape index (κ2) is 7.89. The van der Waals surface area contributed by atoms with Crippen molar-refractivity contribution in [2.45, 2.75) is 0 Å². The van der Waals surface area contributed by atoms with Gasteiger partial charge in [-0.05, 0) is 78.7 Å². The van der Waals surface area contributed by atoms with Crippen molar-refractivity contribution in [1.82, 2.24) is 5.43 Å². The lowest BCUT2D eigenvalue weighted by molar-refractivity contribution is 0.0955. The van der Waals surface area contributed by atoms with Crippen molar-refractivity contribution >= 4 is 82.5 Å². The minimum Gasteiger partial charge on any atom is -0.506 e. The van der Waals surface area contributed by atoms with Gasteiger partial charge < -0.3 is 5.11 Å². The first kappa shape index (κ1) is 17.9. The maximum absolute atomic E-state index is 12.0. The third-order valence-corrected chi connectivity index (χ3v) is 5.36. The molecule has 0 spiro atoms. The molecule has 114 valence electrons. The van der Waals surface area contributed by atoms with Crippen molar-refractivity contribution in [3.05, 3.63) is 58.4 Å². The minimum atomic E-state index is -0.302. The number of benzene rings is 2. The smallest absolute Gasteiger partial charge is 0.271 e. The van der Waals surface area contributed by atoms with E-state index in [0.29, 0.717) is 20.1 Å². The number of aromatic hydroxyl groups is 1. The van der Waals surface area contributed by atoms with Crippen LogP contribution >= 0.6 is 70.4 Å². The summed E-state index contributed by atoms with van der Waals surface area (Å²) in [5.74, 6) is -0.239. The van der Waals surface area contributed by atoms with Crippen LogP contribution in [-0.4, -0.2) is 17.2 Å². The van der Waals surface area contributed by atoms with Crippen LogP contribution in [0, 0.1) is 3.57 Å². The second-order valence-corrected chi connectivity index (χ2v) is 7.87.